The van der Waals surface area contributed by atoms with Gasteiger partial charge in [0.05, 0.1) is 26.0 Å². The van der Waals surface area contributed by atoms with Crippen LogP contribution in [0.4, 0.5) is 0 Å². The van der Waals surface area contributed by atoms with Crippen LogP contribution in [0.3, 0.4) is 0 Å². The first kappa shape index (κ1) is 28.7. The molecule has 3 N–H and O–H groups in total. The van der Waals surface area contributed by atoms with Crippen LogP contribution in [0.2, 0.25) is 0 Å². The molecule has 0 saturated heterocycles. The molecule has 0 aliphatic carbocycles. The average Bonchev–Trinajstić information content (AvgIpc) is 2.66. The van der Waals surface area contributed by atoms with Gasteiger partial charge in [-0.3, -0.25) is 14.1 Å². The molecule has 1 atom stereocenters. The van der Waals surface area contributed by atoms with Gasteiger partial charge in [0.2, 0.25) is 5.91 Å². The van der Waals surface area contributed by atoms with E-state index in [2.05, 4.69) is 35.5 Å². The summed E-state index contributed by atoms with van der Waals surface area (Å²) >= 11 is 7.71. The molecule has 162 valence electrons. The largest absolute Gasteiger partial charge is 0.493 e. The van der Waals surface area contributed by atoms with Crippen molar-refractivity contribution >= 4 is 48.3 Å². The molecule has 0 radical (unpaired) electrons. The summed E-state index contributed by atoms with van der Waals surface area (Å²) in [4.78, 5) is 19.3. The zero-order chi connectivity index (χ0) is 22.2. The molecule has 28 heavy (non-hydrogen) atoms. The van der Waals surface area contributed by atoms with Crippen LogP contribution in [-0.2, 0) is 19.7 Å². The maximum absolute atomic E-state index is 11.3. The van der Waals surface area contributed by atoms with Gasteiger partial charge in [0.25, 0.3) is 10.1 Å². The summed E-state index contributed by atoms with van der Waals surface area (Å²) in [6, 6.07) is 5.31. The molecule has 0 bridgehead atoms. The lowest BCUT2D eigenvalue weighted by molar-refractivity contribution is -0.122. The third-order valence-corrected chi connectivity index (χ3v) is 4.38. The molecular weight excluding hydrogens is 428 g/mol. The minimum atomic E-state index is -4.03. The van der Waals surface area contributed by atoms with Crippen molar-refractivity contribution in [2.24, 2.45) is 0 Å². The molecule has 0 fully saturated rings. The lowest BCUT2D eigenvalue weighted by Crippen LogP contribution is -2.42. The topological polar surface area (TPSA) is 131 Å². The highest BCUT2D eigenvalue weighted by Crippen LogP contribution is 2.26. The Morgan fingerprint density at radius 1 is 1.25 bits per heavy atom. The summed E-state index contributed by atoms with van der Waals surface area (Å²) in [7, 11) is -0.765. The molecule has 0 spiro atoms. The van der Waals surface area contributed by atoms with Crippen molar-refractivity contribution in [1.29, 1.82) is 0 Å². The summed E-state index contributed by atoms with van der Waals surface area (Å²) in [5.41, 5.74) is 1.17. The Morgan fingerprint density at radius 3 is 2.25 bits per heavy atom. The second kappa shape index (κ2) is 16.5. The molecule has 1 aromatic rings. The van der Waals surface area contributed by atoms with Crippen molar-refractivity contribution in [2.45, 2.75) is 19.4 Å². The van der Waals surface area contributed by atoms with E-state index in [0.29, 0.717) is 12.2 Å². The van der Waals surface area contributed by atoms with Gasteiger partial charge in [0.1, 0.15) is 6.79 Å². The zero-order valence-electron chi connectivity index (χ0n) is 16.0. The van der Waals surface area contributed by atoms with Crippen molar-refractivity contribution in [1.82, 2.24) is 10.0 Å². The minimum Gasteiger partial charge on any atom is -0.493 e. The molecule has 1 rings (SSSR count). The summed E-state index contributed by atoms with van der Waals surface area (Å²) in [5, 5.41) is 2.35. The van der Waals surface area contributed by atoms with E-state index in [4.69, 9.17) is 18.8 Å². The van der Waals surface area contributed by atoms with Crippen molar-refractivity contribution in [3.8, 4) is 11.5 Å². The number of benzene rings is 1. The smallest absolute Gasteiger partial charge is 0.266 e. The predicted molar refractivity (Wildman–Crippen MR) is 115 cm³/mol. The minimum absolute atomic E-state index is 0.129. The van der Waals surface area contributed by atoms with E-state index in [0.717, 1.165) is 11.5 Å². The fourth-order valence-corrected chi connectivity index (χ4v) is 2.62. The molecule has 1 unspecified atom stereocenters. The van der Waals surface area contributed by atoms with Gasteiger partial charge >= 0.3 is 0 Å². The van der Waals surface area contributed by atoms with Gasteiger partial charge in [0, 0.05) is 6.54 Å². The van der Waals surface area contributed by atoms with Crippen LogP contribution in [0.5, 0.6) is 11.5 Å². The summed E-state index contributed by atoms with van der Waals surface area (Å²) < 4.78 is 41.7. The van der Waals surface area contributed by atoms with E-state index >= 15 is 0 Å². The molecular formula is C16H28N2O7S3. The second-order valence-corrected chi connectivity index (χ2v) is 7.41. The maximum Gasteiger partial charge on any atom is 0.266 e. The van der Waals surface area contributed by atoms with Crippen LogP contribution in [-0.4, -0.2) is 64.0 Å². The Hall–Kier alpha value is -1.47. The monoisotopic (exact) mass is 456 g/mol. The number of hydrogen-bond acceptors (Lipinski definition) is 9. The first-order valence-electron chi connectivity index (χ1n) is 7.89. The van der Waals surface area contributed by atoms with Crippen LogP contribution >= 0.6 is 25.4 Å². The lowest BCUT2D eigenvalue weighted by Gasteiger charge is -2.13. The highest BCUT2D eigenvalue weighted by atomic mass is 32.2. The molecule has 0 heterocycles. The number of nitrogens with one attached hydrogen (secondary N) is 2. The van der Waals surface area contributed by atoms with Gasteiger partial charge in [-0.15, -0.1) is 0 Å². The van der Waals surface area contributed by atoms with Crippen LogP contribution in [0.1, 0.15) is 12.0 Å². The van der Waals surface area contributed by atoms with E-state index in [9.17, 15) is 13.2 Å². The normalized spacial score (nSPS) is 11.1. The number of hydrogen-bond donors (Lipinski definition) is 5. The highest BCUT2D eigenvalue weighted by Gasteiger charge is 2.15. The van der Waals surface area contributed by atoms with Crippen molar-refractivity contribution < 1.29 is 32.0 Å². The molecule has 0 aromatic heterocycles. The maximum atomic E-state index is 11.3. The van der Waals surface area contributed by atoms with Crippen LogP contribution in [0, 0.1) is 6.92 Å². The van der Waals surface area contributed by atoms with Crippen molar-refractivity contribution in [2.75, 3.05) is 32.3 Å². The first-order chi connectivity index (χ1) is 13.2. The van der Waals surface area contributed by atoms with E-state index in [1.165, 1.54) is 5.56 Å². The fourth-order valence-electron chi connectivity index (χ4n) is 1.75. The Morgan fingerprint density at radius 2 is 1.82 bits per heavy atom. The Bertz CT molecular complexity index is 672. The van der Waals surface area contributed by atoms with Gasteiger partial charge in [-0.05, 0) is 36.8 Å². The van der Waals surface area contributed by atoms with E-state index < -0.39 is 21.9 Å². The zero-order valence-corrected chi connectivity index (χ0v) is 18.6. The van der Waals surface area contributed by atoms with E-state index in [1.54, 1.807) is 14.2 Å². The SMILES string of the molecule is C=O.COc1ccc(C)cc1OC.O=C(NCCS(=O)(=O)O)C(CCS)NS. The number of rotatable bonds is 9. The number of aryl methyl sites for hydroxylation is 1. The summed E-state index contributed by atoms with van der Waals surface area (Å²) in [6.07, 6.45) is 0.477. The standard InChI is InChI=1S/C9H12O2.C6H14N2O4S3.CH2O/c1-7-4-5-8(10-2)9(6-7)11-3;9-6(5(8-14)1-3-13)7-2-4-15(10,11)12;1-2/h4-6H,1-3H3;5,8,13-14H,1-4H2,(H,7,9)(H,10,11,12);1H2. The quantitative estimate of drug-likeness (QED) is 0.274. The van der Waals surface area contributed by atoms with Crippen LogP contribution in [0.15, 0.2) is 18.2 Å². The van der Waals surface area contributed by atoms with Gasteiger partial charge < -0.3 is 19.6 Å². The number of carbonyl (C=O) groups excluding carboxylic acids is 2. The third-order valence-electron chi connectivity index (χ3n) is 3.09. The molecule has 0 aliphatic rings. The fraction of sp³-hybridized carbons (Fsp3) is 0.500. The molecule has 12 heteroatoms. The number of thiol groups is 2. The Labute approximate surface area is 177 Å². The molecule has 0 saturated carbocycles. The number of amides is 1. The van der Waals surface area contributed by atoms with E-state index in [1.807, 2.05) is 31.9 Å². The lowest BCUT2D eigenvalue weighted by atomic mass is 10.2. The van der Waals surface area contributed by atoms with Crippen LogP contribution < -0.4 is 19.5 Å². The third kappa shape index (κ3) is 13.7. The van der Waals surface area contributed by atoms with E-state index in [-0.39, 0.29) is 12.5 Å². The van der Waals surface area contributed by atoms with Gasteiger partial charge in [-0.1, -0.05) is 18.9 Å². The Balaban J connectivity index is 0. The Kier molecular flexibility index (Phi) is 16.9. The predicted octanol–water partition coefficient (Wildman–Crippen LogP) is 0.941. The molecule has 9 nitrogen and oxygen atoms in total. The first-order valence-corrected chi connectivity index (χ1v) is 10.6. The van der Waals surface area contributed by atoms with Gasteiger partial charge in [-0.2, -0.15) is 21.0 Å². The summed E-state index contributed by atoms with van der Waals surface area (Å²) in [5.74, 6) is 1.19. The average molecular weight is 457 g/mol. The van der Waals surface area contributed by atoms with Crippen molar-refractivity contribution in [3.63, 3.8) is 0 Å². The summed E-state index contributed by atoms with van der Waals surface area (Å²) in [6.45, 7) is 3.89. The van der Waals surface area contributed by atoms with Crippen LogP contribution in [0.25, 0.3) is 0 Å². The van der Waals surface area contributed by atoms with Crippen molar-refractivity contribution in [3.05, 3.63) is 23.8 Å². The number of ether oxygens (including phenoxy) is 2. The highest BCUT2D eigenvalue weighted by molar-refractivity contribution is 7.85. The van der Waals surface area contributed by atoms with Gasteiger partial charge in [-0.25, -0.2) is 0 Å². The number of carbonyl (C=O) groups is 2. The van der Waals surface area contributed by atoms with Gasteiger partial charge in [0.15, 0.2) is 11.5 Å². The molecule has 1 aromatic carbocycles. The molecule has 0 aliphatic heterocycles. The number of methoxy groups -OCH3 is 2. The second-order valence-electron chi connectivity index (χ2n) is 5.13. The molecule has 1 amide bonds.